The van der Waals surface area contributed by atoms with Gasteiger partial charge in [-0.25, -0.2) is 0 Å². The van der Waals surface area contributed by atoms with E-state index in [1.165, 1.54) is 0 Å². The maximum Gasteiger partial charge on any atom is 0.0750 e. The Bertz CT molecular complexity index is 397. The lowest BCUT2D eigenvalue weighted by Gasteiger charge is -2.29. The molecule has 1 saturated heterocycles. The molecule has 0 bridgehead atoms. The van der Waals surface area contributed by atoms with Gasteiger partial charge in [-0.1, -0.05) is 17.7 Å². The summed E-state index contributed by atoms with van der Waals surface area (Å²) in [5, 5.41) is 9.70. The molecule has 2 atom stereocenters. The van der Waals surface area contributed by atoms with E-state index in [2.05, 4.69) is 18.9 Å². The lowest BCUT2D eigenvalue weighted by atomic mass is 10.1. The van der Waals surface area contributed by atoms with Crippen LogP contribution in [0.25, 0.3) is 0 Å². The Balaban J connectivity index is 2.19. The number of nitrogens with zero attached hydrogens (tertiary/aromatic N) is 1. The first-order chi connectivity index (χ1) is 8.13. The smallest absolute Gasteiger partial charge is 0.0750 e. The minimum absolute atomic E-state index is 0.0221. The molecule has 2 rings (SSSR count). The number of aliphatic hydroxyl groups excluding tert-OH is 1. The second-order valence-electron chi connectivity index (χ2n) is 4.48. The van der Waals surface area contributed by atoms with E-state index in [0.29, 0.717) is 11.1 Å². The fourth-order valence-corrected chi connectivity index (χ4v) is 2.54. The van der Waals surface area contributed by atoms with Crippen molar-refractivity contribution < 1.29 is 9.84 Å². The van der Waals surface area contributed by atoms with Gasteiger partial charge in [0.05, 0.1) is 18.8 Å². The van der Waals surface area contributed by atoms with Crippen molar-refractivity contribution in [3.63, 3.8) is 0 Å². The van der Waals surface area contributed by atoms with E-state index in [9.17, 15) is 0 Å². The van der Waals surface area contributed by atoms with Gasteiger partial charge in [-0.15, -0.1) is 0 Å². The molecule has 17 heavy (non-hydrogen) atoms. The summed E-state index contributed by atoms with van der Waals surface area (Å²) in [6.07, 6.45) is 1.29. The van der Waals surface area contributed by atoms with Gasteiger partial charge in [0.25, 0.3) is 0 Å². The summed E-state index contributed by atoms with van der Waals surface area (Å²) in [5.74, 6) is 0. The number of rotatable bonds is 3. The summed E-state index contributed by atoms with van der Waals surface area (Å²) in [5.41, 5.74) is 1.83. The fraction of sp³-hybridized carbons (Fsp3) is 0.538. The minimum atomic E-state index is -0.0221. The molecule has 0 spiro atoms. The third kappa shape index (κ3) is 2.57. The number of hydrogen-bond acceptors (Lipinski definition) is 3. The zero-order chi connectivity index (χ0) is 12.4. The van der Waals surface area contributed by atoms with Crippen LogP contribution in [0.15, 0.2) is 18.2 Å². The van der Waals surface area contributed by atoms with E-state index in [4.69, 9.17) is 21.4 Å². The van der Waals surface area contributed by atoms with Gasteiger partial charge in [0.1, 0.15) is 0 Å². The van der Waals surface area contributed by atoms with Crippen molar-refractivity contribution in [1.82, 2.24) is 0 Å². The van der Waals surface area contributed by atoms with Crippen molar-refractivity contribution in [2.45, 2.75) is 32.1 Å². The summed E-state index contributed by atoms with van der Waals surface area (Å²) in [4.78, 5) is 2.20. The molecule has 1 aromatic rings. The molecule has 1 fully saturated rings. The number of hydrogen-bond donors (Lipinski definition) is 1. The quantitative estimate of drug-likeness (QED) is 0.901. The van der Waals surface area contributed by atoms with Crippen molar-refractivity contribution in [3.8, 4) is 0 Å². The highest BCUT2D eigenvalue weighted by Crippen LogP contribution is 2.28. The number of aliphatic hydroxyl groups is 1. The first-order valence-electron chi connectivity index (χ1n) is 5.87. The SMILES string of the molecule is CC1OCCC1N(C)c1ccc(CO)c(Cl)c1. The lowest BCUT2D eigenvalue weighted by Crippen LogP contribution is -2.36. The summed E-state index contributed by atoms with van der Waals surface area (Å²) in [6, 6.07) is 6.15. The van der Waals surface area contributed by atoms with E-state index >= 15 is 0 Å². The number of anilines is 1. The number of likely N-dealkylation sites (N-methyl/N-ethyl adjacent to an activating group) is 1. The Morgan fingerprint density at radius 1 is 1.53 bits per heavy atom. The van der Waals surface area contributed by atoms with Crippen LogP contribution in [0.2, 0.25) is 5.02 Å². The zero-order valence-corrected chi connectivity index (χ0v) is 10.9. The molecule has 4 heteroatoms. The molecule has 0 radical (unpaired) electrons. The van der Waals surface area contributed by atoms with Crippen LogP contribution in [0.4, 0.5) is 5.69 Å². The third-order valence-electron chi connectivity index (χ3n) is 3.45. The molecule has 1 aliphatic heterocycles. The summed E-state index contributed by atoms with van der Waals surface area (Å²) in [7, 11) is 2.06. The Hall–Kier alpha value is -0.770. The standard InChI is InChI=1S/C13H18ClNO2/c1-9-13(5-6-17-9)15(2)11-4-3-10(8-16)12(14)7-11/h3-4,7,9,13,16H,5-6,8H2,1-2H3. The molecular weight excluding hydrogens is 238 g/mol. The average Bonchev–Trinajstić information content (AvgIpc) is 2.74. The summed E-state index contributed by atoms with van der Waals surface area (Å²) in [6.45, 7) is 2.89. The molecule has 1 N–H and O–H groups in total. The van der Waals surface area contributed by atoms with Crippen LogP contribution >= 0.6 is 11.6 Å². The van der Waals surface area contributed by atoms with Gasteiger partial charge in [-0.3, -0.25) is 0 Å². The molecule has 0 aromatic heterocycles. The van der Waals surface area contributed by atoms with Crippen LogP contribution in [-0.2, 0) is 11.3 Å². The fourth-order valence-electron chi connectivity index (χ4n) is 2.30. The maximum atomic E-state index is 9.08. The first kappa shape index (κ1) is 12.7. The number of benzene rings is 1. The van der Waals surface area contributed by atoms with Gasteiger partial charge < -0.3 is 14.7 Å². The third-order valence-corrected chi connectivity index (χ3v) is 3.80. The molecule has 1 heterocycles. The van der Waals surface area contributed by atoms with Gasteiger partial charge in [0.15, 0.2) is 0 Å². The minimum Gasteiger partial charge on any atom is -0.392 e. The zero-order valence-electron chi connectivity index (χ0n) is 10.2. The summed E-state index contributed by atoms with van der Waals surface area (Å²) >= 11 is 6.10. The Morgan fingerprint density at radius 3 is 2.82 bits per heavy atom. The van der Waals surface area contributed by atoms with Crippen molar-refractivity contribution in [1.29, 1.82) is 0 Å². The van der Waals surface area contributed by atoms with E-state index < -0.39 is 0 Å². The van der Waals surface area contributed by atoms with Crippen LogP contribution in [0.3, 0.4) is 0 Å². The van der Waals surface area contributed by atoms with Crippen LogP contribution in [0, 0.1) is 0 Å². The average molecular weight is 256 g/mol. The molecule has 0 amide bonds. The highest BCUT2D eigenvalue weighted by molar-refractivity contribution is 6.31. The van der Waals surface area contributed by atoms with Crippen LogP contribution in [-0.4, -0.2) is 30.9 Å². The molecule has 2 unspecified atom stereocenters. The number of ether oxygens (including phenoxy) is 1. The van der Waals surface area contributed by atoms with E-state index in [1.54, 1.807) is 0 Å². The van der Waals surface area contributed by atoms with Crippen LogP contribution < -0.4 is 4.90 Å². The first-order valence-corrected chi connectivity index (χ1v) is 6.25. The van der Waals surface area contributed by atoms with Crippen molar-refractivity contribution in [2.24, 2.45) is 0 Å². The largest absolute Gasteiger partial charge is 0.392 e. The monoisotopic (exact) mass is 255 g/mol. The molecule has 1 aliphatic rings. The normalized spacial score (nSPS) is 24.0. The molecule has 0 saturated carbocycles. The highest BCUT2D eigenvalue weighted by Gasteiger charge is 2.28. The van der Waals surface area contributed by atoms with Gasteiger partial charge in [0.2, 0.25) is 0 Å². The predicted octanol–water partition coefficient (Wildman–Crippen LogP) is 2.45. The van der Waals surface area contributed by atoms with E-state index in [0.717, 1.165) is 24.3 Å². The van der Waals surface area contributed by atoms with Gasteiger partial charge >= 0.3 is 0 Å². The summed E-state index contributed by atoms with van der Waals surface area (Å²) < 4.78 is 5.57. The molecule has 3 nitrogen and oxygen atoms in total. The number of halogens is 1. The molecular formula is C13H18ClNO2. The predicted molar refractivity (Wildman–Crippen MR) is 69.6 cm³/mol. The van der Waals surface area contributed by atoms with Gasteiger partial charge in [0, 0.05) is 24.4 Å². The second-order valence-corrected chi connectivity index (χ2v) is 4.88. The van der Waals surface area contributed by atoms with Crippen LogP contribution in [0.5, 0.6) is 0 Å². The van der Waals surface area contributed by atoms with Crippen molar-refractivity contribution in [2.75, 3.05) is 18.6 Å². The van der Waals surface area contributed by atoms with E-state index in [1.807, 2.05) is 18.2 Å². The molecule has 0 aliphatic carbocycles. The molecule has 94 valence electrons. The highest BCUT2D eigenvalue weighted by atomic mass is 35.5. The Morgan fingerprint density at radius 2 is 2.29 bits per heavy atom. The molecule has 1 aromatic carbocycles. The topological polar surface area (TPSA) is 32.7 Å². The van der Waals surface area contributed by atoms with Crippen molar-refractivity contribution >= 4 is 17.3 Å². The maximum absolute atomic E-state index is 9.08. The Labute approximate surface area is 107 Å². The Kier molecular flexibility index (Phi) is 3.92. The van der Waals surface area contributed by atoms with Crippen molar-refractivity contribution in [3.05, 3.63) is 28.8 Å². The van der Waals surface area contributed by atoms with Crippen LogP contribution in [0.1, 0.15) is 18.9 Å². The second kappa shape index (κ2) is 5.25. The lowest BCUT2D eigenvalue weighted by molar-refractivity contribution is 0.118. The van der Waals surface area contributed by atoms with Gasteiger partial charge in [-0.05, 0) is 31.0 Å². The van der Waals surface area contributed by atoms with E-state index in [-0.39, 0.29) is 12.7 Å². The van der Waals surface area contributed by atoms with Gasteiger partial charge in [-0.2, -0.15) is 0 Å².